The van der Waals surface area contributed by atoms with Crippen LogP contribution >= 0.6 is 35.7 Å². The highest BCUT2D eigenvalue weighted by Gasteiger charge is 2.57. The van der Waals surface area contributed by atoms with Crippen LogP contribution in [0.15, 0.2) is 11.0 Å². The van der Waals surface area contributed by atoms with Gasteiger partial charge in [-0.05, 0) is 19.1 Å². The Balaban J connectivity index is 2.35. The van der Waals surface area contributed by atoms with Gasteiger partial charge in [0.2, 0.25) is 5.82 Å². The Morgan fingerprint density at radius 1 is 1.26 bits per heavy atom. The molecule has 0 amide bonds. The normalized spacial score (nSPS) is 30.6. The second kappa shape index (κ2) is 8.93. The van der Waals surface area contributed by atoms with E-state index in [1.54, 1.807) is 0 Å². The van der Waals surface area contributed by atoms with Crippen LogP contribution in [0, 0.1) is 16.5 Å². The molecule has 16 nitrogen and oxygen atoms in total. The molecule has 1 aromatic heterocycles. The molecule has 31 heavy (non-hydrogen) atoms. The number of aromatic nitrogens is 2. The molecule has 7 N–H and O–H groups in total. The maximum absolute atomic E-state index is 13.6. The van der Waals surface area contributed by atoms with Gasteiger partial charge in [-0.1, -0.05) is 0 Å². The fourth-order valence-electron chi connectivity index (χ4n) is 2.67. The second-order valence-corrected chi connectivity index (χ2v) is 10.9. The van der Waals surface area contributed by atoms with Crippen LogP contribution in [-0.2, 0) is 31.6 Å². The maximum Gasteiger partial charge on any atom is 0.490 e. The molecule has 178 valence electrons. The number of aliphatic hydroxyl groups is 2. The number of phosphoric ester groups is 1. The van der Waals surface area contributed by atoms with E-state index in [0.717, 1.165) is 6.92 Å². The quantitative estimate of drug-likeness (QED) is 0.166. The summed E-state index contributed by atoms with van der Waals surface area (Å²) < 4.78 is 65.2. The van der Waals surface area contributed by atoms with Crippen molar-refractivity contribution in [2.45, 2.75) is 25.0 Å². The van der Waals surface area contributed by atoms with Crippen LogP contribution in [0.4, 0.5) is 4.39 Å². The molecular weight excluding hydrogens is 516 g/mol. The molecule has 0 spiro atoms. The fourth-order valence-corrected chi connectivity index (χ4v) is 6.19. The molecule has 6 atom stereocenters. The molecule has 1 saturated heterocycles. The van der Waals surface area contributed by atoms with Crippen molar-refractivity contribution in [2.24, 2.45) is 5.92 Å². The van der Waals surface area contributed by atoms with E-state index in [0.29, 0.717) is 10.8 Å². The van der Waals surface area contributed by atoms with Crippen LogP contribution in [0.3, 0.4) is 0 Å². The lowest BCUT2D eigenvalue weighted by molar-refractivity contribution is -0.205. The summed E-state index contributed by atoms with van der Waals surface area (Å²) in [6.07, 6.45) is -2.97. The summed E-state index contributed by atoms with van der Waals surface area (Å²) >= 11 is 4.83. The van der Waals surface area contributed by atoms with Gasteiger partial charge in [0.1, 0.15) is 6.10 Å². The summed E-state index contributed by atoms with van der Waals surface area (Å²) in [5, 5.41) is 20.0. The molecule has 1 fully saturated rings. The zero-order valence-electron chi connectivity index (χ0n) is 15.0. The molecule has 2 rings (SSSR count). The summed E-state index contributed by atoms with van der Waals surface area (Å²) in [5.74, 6) is -5.40. The SMILES string of the molecule is C[C@]1(OP(=O)(O)OP(=O)(O)OP(=O)(O)O)O[C@@H](n2cc(F)c(=O)[nH]c2=S)[C@@H](O)C1CO. The first-order valence-electron chi connectivity index (χ1n) is 7.72. The lowest BCUT2D eigenvalue weighted by atomic mass is 9.97. The van der Waals surface area contributed by atoms with Crippen LogP contribution in [0.2, 0.25) is 0 Å². The third-order valence-corrected chi connectivity index (χ3v) is 8.07. The Hall–Kier alpha value is -0.680. The van der Waals surface area contributed by atoms with E-state index < -0.39 is 70.3 Å². The maximum atomic E-state index is 13.6. The van der Waals surface area contributed by atoms with Gasteiger partial charge in [-0.2, -0.15) is 13.0 Å². The highest BCUT2D eigenvalue weighted by atomic mass is 32.1. The minimum atomic E-state index is -5.85. The highest BCUT2D eigenvalue weighted by Crippen LogP contribution is 2.68. The van der Waals surface area contributed by atoms with Gasteiger partial charge < -0.3 is 34.5 Å². The number of nitrogens with one attached hydrogen (secondary N) is 1. The van der Waals surface area contributed by atoms with Gasteiger partial charge in [0.25, 0.3) is 5.56 Å². The first-order chi connectivity index (χ1) is 13.9. The molecule has 1 aliphatic rings. The minimum absolute atomic E-state index is 0.449. The number of nitrogens with zero attached hydrogens (tertiary/aromatic N) is 1. The zero-order chi connectivity index (χ0) is 24.0. The molecule has 1 aliphatic heterocycles. The number of rotatable bonds is 8. The minimum Gasteiger partial charge on any atom is -0.396 e. The smallest absolute Gasteiger partial charge is 0.396 e. The first kappa shape index (κ1) is 26.6. The Bertz CT molecular complexity index is 1100. The van der Waals surface area contributed by atoms with Crippen molar-refractivity contribution in [3.8, 4) is 0 Å². The standard InChI is InChI=1S/C10H16FN2O14P3S/c1-10(25-29(20,21)27-30(22,23)26-28(17,18)19)4(3-14)6(15)8(24-10)13-2-5(11)7(16)12-9(13)31/h2,4,6,8,14-15H,3H2,1H3,(H,20,21)(H,22,23)(H,12,16,31)(H2,17,18,19)/t4?,6-,8+,10+/m0/s1. The molecule has 0 radical (unpaired) electrons. The number of hydrogen-bond donors (Lipinski definition) is 7. The molecule has 0 aromatic carbocycles. The number of H-pyrrole nitrogens is 1. The molecule has 1 aromatic rings. The van der Waals surface area contributed by atoms with E-state index in [-0.39, 0.29) is 0 Å². The summed E-state index contributed by atoms with van der Waals surface area (Å²) in [7, 11) is -17.2. The average Bonchev–Trinajstić information content (AvgIpc) is 2.76. The number of aliphatic hydroxyl groups excluding tert-OH is 2. The van der Waals surface area contributed by atoms with Crippen molar-refractivity contribution in [1.29, 1.82) is 0 Å². The van der Waals surface area contributed by atoms with Crippen LogP contribution < -0.4 is 5.56 Å². The van der Waals surface area contributed by atoms with Gasteiger partial charge >= 0.3 is 23.5 Å². The summed E-state index contributed by atoms with van der Waals surface area (Å²) in [6.45, 7) is -0.107. The number of ether oxygens (including phenoxy) is 1. The van der Waals surface area contributed by atoms with Crippen molar-refractivity contribution >= 4 is 35.7 Å². The zero-order valence-corrected chi connectivity index (χ0v) is 18.5. The summed E-state index contributed by atoms with van der Waals surface area (Å²) in [6, 6.07) is 0. The molecule has 2 heterocycles. The van der Waals surface area contributed by atoms with Crippen LogP contribution in [-0.4, -0.2) is 57.8 Å². The lowest BCUT2D eigenvalue weighted by Gasteiger charge is -2.31. The largest absolute Gasteiger partial charge is 0.490 e. The molecule has 3 unspecified atom stereocenters. The molecule has 0 aliphatic carbocycles. The van der Waals surface area contributed by atoms with E-state index in [2.05, 4.69) is 13.1 Å². The number of halogens is 1. The predicted molar refractivity (Wildman–Crippen MR) is 95.9 cm³/mol. The van der Waals surface area contributed by atoms with Crippen LogP contribution in [0.25, 0.3) is 0 Å². The van der Waals surface area contributed by atoms with E-state index in [1.165, 1.54) is 0 Å². The first-order valence-corrected chi connectivity index (χ1v) is 12.6. The van der Waals surface area contributed by atoms with Gasteiger partial charge in [0, 0.05) is 0 Å². The Morgan fingerprint density at radius 3 is 2.35 bits per heavy atom. The predicted octanol–water partition coefficient (Wildman–Crippen LogP) is -0.397. The Morgan fingerprint density at radius 2 is 1.84 bits per heavy atom. The molecular formula is C10H16FN2O14P3S. The Kier molecular flexibility index (Phi) is 7.65. The van der Waals surface area contributed by atoms with E-state index in [4.69, 9.17) is 26.7 Å². The van der Waals surface area contributed by atoms with Gasteiger partial charge in [-0.3, -0.25) is 18.9 Å². The second-order valence-electron chi connectivity index (χ2n) is 6.13. The molecule has 21 heteroatoms. The molecule has 0 bridgehead atoms. The van der Waals surface area contributed by atoms with Crippen molar-refractivity contribution < 1.29 is 65.8 Å². The lowest BCUT2D eigenvalue weighted by Crippen LogP contribution is -2.39. The highest BCUT2D eigenvalue weighted by molar-refractivity contribution is 7.71. The van der Waals surface area contributed by atoms with Gasteiger partial charge in [-0.15, -0.1) is 0 Å². The van der Waals surface area contributed by atoms with Gasteiger partial charge in [0.15, 0.2) is 16.8 Å². The number of phosphoric acid groups is 3. The van der Waals surface area contributed by atoms with Gasteiger partial charge in [0.05, 0.1) is 18.7 Å². The topological polar surface area (TPSA) is 247 Å². The van der Waals surface area contributed by atoms with E-state index >= 15 is 0 Å². The van der Waals surface area contributed by atoms with E-state index in [9.17, 15) is 42.9 Å². The Labute approximate surface area is 176 Å². The molecule has 0 saturated carbocycles. The fraction of sp³-hybridized carbons (Fsp3) is 0.600. The van der Waals surface area contributed by atoms with Crippen LogP contribution in [0.1, 0.15) is 13.2 Å². The third kappa shape index (κ3) is 6.43. The van der Waals surface area contributed by atoms with Crippen molar-refractivity contribution in [3.05, 3.63) is 27.1 Å². The van der Waals surface area contributed by atoms with Gasteiger partial charge in [-0.25, -0.2) is 13.7 Å². The van der Waals surface area contributed by atoms with E-state index in [1.807, 2.05) is 4.98 Å². The van der Waals surface area contributed by atoms with Crippen LogP contribution in [0.5, 0.6) is 0 Å². The van der Waals surface area contributed by atoms with Crippen molar-refractivity contribution in [3.63, 3.8) is 0 Å². The number of hydrogen-bond acceptors (Lipinski definition) is 11. The summed E-state index contributed by atoms with van der Waals surface area (Å²) in [4.78, 5) is 49.2. The summed E-state index contributed by atoms with van der Waals surface area (Å²) in [5.41, 5.74) is -1.19. The monoisotopic (exact) mass is 532 g/mol. The third-order valence-electron chi connectivity index (χ3n) is 3.84. The number of aromatic amines is 1. The van der Waals surface area contributed by atoms with Crippen molar-refractivity contribution in [2.75, 3.05) is 6.61 Å². The average molecular weight is 532 g/mol. The van der Waals surface area contributed by atoms with Crippen molar-refractivity contribution in [1.82, 2.24) is 9.55 Å².